The molecule has 1 rings (SSSR count). The lowest BCUT2D eigenvalue weighted by Gasteiger charge is -2.28. The van der Waals surface area contributed by atoms with Gasteiger partial charge in [0.15, 0.2) is 6.29 Å². The van der Waals surface area contributed by atoms with Gasteiger partial charge in [0, 0.05) is 19.6 Å². The molecule has 0 fully saturated rings. The predicted octanol–water partition coefficient (Wildman–Crippen LogP) is 1.67. The van der Waals surface area contributed by atoms with Crippen molar-refractivity contribution in [2.24, 2.45) is 7.05 Å². The van der Waals surface area contributed by atoms with Crippen LogP contribution in [0.3, 0.4) is 0 Å². The first-order valence-corrected chi connectivity index (χ1v) is 5.65. The van der Waals surface area contributed by atoms with E-state index in [1.807, 2.05) is 32.7 Å². The number of aromatic nitrogens is 2. The quantitative estimate of drug-likeness (QED) is 0.727. The van der Waals surface area contributed by atoms with Gasteiger partial charge in [-0.3, -0.25) is 9.48 Å². The van der Waals surface area contributed by atoms with Crippen LogP contribution >= 0.6 is 0 Å². The fraction of sp³-hybridized carbons (Fsp3) is 0.583. The summed E-state index contributed by atoms with van der Waals surface area (Å²) in [7, 11) is 1.82. The van der Waals surface area contributed by atoms with Crippen LogP contribution in [0.4, 0.5) is 5.82 Å². The smallest absolute Gasteiger partial charge is 0.155 e. The standard InChI is InChI=1S/C12H18N4O/c1-9(2)16(7-5-6-13)12-11(8-17)10(3)14-15(12)4/h8-9H,5,7H2,1-4H3. The van der Waals surface area contributed by atoms with Crippen LogP contribution in [0.25, 0.3) is 0 Å². The minimum absolute atomic E-state index is 0.219. The average molecular weight is 234 g/mol. The molecule has 0 amide bonds. The van der Waals surface area contributed by atoms with Crippen molar-refractivity contribution >= 4 is 12.1 Å². The molecular weight excluding hydrogens is 216 g/mol. The second-order valence-electron chi connectivity index (χ2n) is 4.26. The van der Waals surface area contributed by atoms with Crippen LogP contribution in [-0.4, -0.2) is 28.7 Å². The van der Waals surface area contributed by atoms with E-state index in [9.17, 15) is 4.79 Å². The van der Waals surface area contributed by atoms with E-state index >= 15 is 0 Å². The molecule has 92 valence electrons. The van der Waals surface area contributed by atoms with Crippen molar-refractivity contribution in [1.82, 2.24) is 9.78 Å². The van der Waals surface area contributed by atoms with E-state index in [0.29, 0.717) is 18.5 Å². The summed E-state index contributed by atoms with van der Waals surface area (Å²) >= 11 is 0. The SMILES string of the molecule is Cc1nn(C)c(N(CCC#N)C(C)C)c1C=O. The highest BCUT2D eigenvalue weighted by atomic mass is 16.1. The molecule has 1 aromatic rings. The zero-order valence-electron chi connectivity index (χ0n) is 10.8. The molecule has 0 atom stereocenters. The number of carbonyl (C=O) groups excluding carboxylic acids is 1. The Balaban J connectivity index is 3.18. The highest BCUT2D eigenvalue weighted by molar-refractivity contribution is 5.84. The molecule has 1 heterocycles. The fourth-order valence-electron chi connectivity index (χ4n) is 1.92. The maximum atomic E-state index is 11.1. The number of nitrogens with zero attached hydrogens (tertiary/aromatic N) is 4. The predicted molar refractivity (Wildman–Crippen MR) is 66.0 cm³/mol. The molecule has 0 spiro atoms. The van der Waals surface area contributed by atoms with E-state index in [1.165, 1.54) is 0 Å². The highest BCUT2D eigenvalue weighted by Gasteiger charge is 2.20. The van der Waals surface area contributed by atoms with Crippen molar-refractivity contribution in [3.05, 3.63) is 11.3 Å². The Hall–Kier alpha value is -1.83. The van der Waals surface area contributed by atoms with Gasteiger partial charge in [-0.25, -0.2) is 0 Å². The van der Waals surface area contributed by atoms with E-state index in [1.54, 1.807) is 4.68 Å². The van der Waals surface area contributed by atoms with Crippen LogP contribution < -0.4 is 4.90 Å². The third-order valence-electron chi connectivity index (χ3n) is 2.71. The van der Waals surface area contributed by atoms with Gasteiger partial charge in [-0.2, -0.15) is 10.4 Å². The molecule has 0 aliphatic carbocycles. The molecule has 5 nitrogen and oxygen atoms in total. The van der Waals surface area contributed by atoms with Gasteiger partial charge < -0.3 is 4.90 Å². The minimum atomic E-state index is 0.219. The van der Waals surface area contributed by atoms with Crippen LogP contribution in [-0.2, 0) is 7.05 Å². The molecule has 0 saturated carbocycles. The number of anilines is 1. The first-order chi connectivity index (χ1) is 8.02. The number of aldehydes is 1. The van der Waals surface area contributed by atoms with Crippen molar-refractivity contribution in [1.29, 1.82) is 5.26 Å². The number of hydrogen-bond donors (Lipinski definition) is 0. The first kappa shape index (κ1) is 13.2. The van der Waals surface area contributed by atoms with E-state index in [0.717, 1.165) is 17.8 Å². The number of nitriles is 1. The maximum absolute atomic E-state index is 11.1. The van der Waals surface area contributed by atoms with Gasteiger partial charge in [0.05, 0.1) is 23.7 Å². The van der Waals surface area contributed by atoms with Gasteiger partial charge in [0.2, 0.25) is 0 Å². The summed E-state index contributed by atoms with van der Waals surface area (Å²) in [5, 5.41) is 12.9. The van der Waals surface area contributed by atoms with Gasteiger partial charge >= 0.3 is 0 Å². The van der Waals surface area contributed by atoms with Crippen molar-refractivity contribution in [3.63, 3.8) is 0 Å². The summed E-state index contributed by atoms with van der Waals surface area (Å²) in [6.07, 6.45) is 1.26. The zero-order chi connectivity index (χ0) is 13.0. The van der Waals surface area contributed by atoms with Crippen molar-refractivity contribution in [3.8, 4) is 6.07 Å². The third kappa shape index (κ3) is 2.64. The Bertz CT molecular complexity index is 442. The number of hydrogen-bond acceptors (Lipinski definition) is 4. The second kappa shape index (κ2) is 5.48. The molecule has 0 bridgehead atoms. The van der Waals surface area contributed by atoms with Crippen LogP contribution in [0.2, 0.25) is 0 Å². The third-order valence-corrected chi connectivity index (χ3v) is 2.71. The largest absolute Gasteiger partial charge is 0.353 e. The molecule has 0 aliphatic rings. The van der Waals surface area contributed by atoms with E-state index in [4.69, 9.17) is 5.26 Å². The highest BCUT2D eigenvalue weighted by Crippen LogP contribution is 2.23. The first-order valence-electron chi connectivity index (χ1n) is 5.65. The normalized spacial score (nSPS) is 10.4. The zero-order valence-corrected chi connectivity index (χ0v) is 10.8. The molecule has 1 aromatic heterocycles. The van der Waals surface area contributed by atoms with Crippen molar-refractivity contribution in [2.75, 3.05) is 11.4 Å². The van der Waals surface area contributed by atoms with Crippen LogP contribution in [0, 0.1) is 18.3 Å². The van der Waals surface area contributed by atoms with Crippen LogP contribution in [0.1, 0.15) is 36.3 Å². The summed E-state index contributed by atoms with van der Waals surface area (Å²) in [4.78, 5) is 13.2. The summed E-state index contributed by atoms with van der Waals surface area (Å²) in [6.45, 7) is 6.49. The van der Waals surface area contributed by atoms with E-state index in [2.05, 4.69) is 11.2 Å². The molecule has 5 heteroatoms. The molecule has 0 radical (unpaired) electrons. The molecule has 17 heavy (non-hydrogen) atoms. The lowest BCUT2D eigenvalue weighted by Crippen LogP contribution is -2.34. The molecule has 0 aliphatic heterocycles. The number of rotatable bonds is 5. The number of carbonyl (C=O) groups is 1. The van der Waals surface area contributed by atoms with E-state index in [-0.39, 0.29) is 6.04 Å². The molecule has 0 unspecified atom stereocenters. The van der Waals surface area contributed by atoms with Crippen molar-refractivity contribution in [2.45, 2.75) is 33.2 Å². The van der Waals surface area contributed by atoms with Gasteiger partial charge in [-0.05, 0) is 20.8 Å². The second-order valence-corrected chi connectivity index (χ2v) is 4.26. The number of aryl methyl sites for hydroxylation is 2. The molecule has 0 N–H and O–H groups in total. The summed E-state index contributed by atoms with van der Waals surface area (Å²) in [5.74, 6) is 0.794. The van der Waals surface area contributed by atoms with Crippen molar-refractivity contribution < 1.29 is 4.79 Å². The summed E-state index contributed by atoms with van der Waals surface area (Å²) in [5.41, 5.74) is 1.33. The summed E-state index contributed by atoms with van der Waals surface area (Å²) < 4.78 is 1.70. The Morgan fingerprint density at radius 3 is 2.71 bits per heavy atom. The topological polar surface area (TPSA) is 61.9 Å². The lowest BCUT2D eigenvalue weighted by molar-refractivity contribution is 0.112. The van der Waals surface area contributed by atoms with Crippen LogP contribution in [0.15, 0.2) is 0 Å². The Labute approximate surface area is 102 Å². The molecule has 0 aromatic carbocycles. The van der Waals surface area contributed by atoms with Gasteiger partial charge in [0.1, 0.15) is 5.82 Å². The van der Waals surface area contributed by atoms with Gasteiger partial charge in [-0.1, -0.05) is 0 Å². The Kier molecular flexibility index (Phi) is 4.27. The van der Waals surface area contributed by atoms with E-state index < -0.39 is 0 Å². The summed E-state index contributed by atoms with van der Waals surface area (Å²) in [6, 6.07) is 2.35. The Morgan fingerprint density at radius 2 is 2.24 bits per heavy atom. The fourth-order valence-corrected chi connectivity index (χ4v) is 1.92. The van der Waals surface area contributed by atoms with Gasteiger partial charge in [0.25, 0.3) is 0 Å². The molecule has 0 saturated heterocycles. The van der Waals surface area contributed by atoms with Gasteiger partial charge in [-0.15, -0.1) is 0 Å². The van der Waals surface area contributed by atoms with Crippen LogP contribution in [0.5, 0.6) is 0 Å². The Morgan fingerprint density at radius 1 is 1.59 bits per heavy atom. The lowest BCUT2D eigenvalue weighted by atomic mass is 10.2. The molecular formula is C12H18N4O. The average Bonchev–Trinajstić information content (AvgIpc) is 2.54. The monoisotopic (exact) mass is 234 g/mol. The maximum Gasteiger partial charge on any atom is 0.155 e. The minimum Gasteiger partial charge on any atom is -0.353 e.